The van der Waals surface area contributed by atoms with E-state index in [1.54, 1.807) is 12.4 Å². The first-order valence-electron chi connectivity index (χ1n) is 7.48. The summed E-state index contributed by atoms with van der Waals surface area (Å²) in [6.07, 6.45) is 4.42. The molecule has 0 radical (unpaired) electrons. The van der Waals surface area contributed by atoms with Gasteiger partial charge < -0.3 is 4.74 Å². The van der Waals surface area contributed by atoms with Crippen LogP contribution in [-0.2, 0) is 16.1 Å². The molecule has 1 aliphatic rings. The van der Waals surface area contributed by atoms with Crippen molar-refractivity contribution in [1.82, 2.24) is 9.88 Å². The van der Waals surface area contributed by atoms with Crippen LogP contribution in [0, 0.1) is 5.92 Å². The number of aromatic nitrogens is 1. The number of benzene rings is 1. The molecule has 4 heteroatoms. The number of carbonyl (C=O) groups excluding carboxylic acids is 1. The highest BCUT2D eigenvalue weighted by molar-refractivity contribution is 5.72. The Labute approximate surface area is 131 Å². The van der Waals surface area contributed by atoms with Gasteiger partial charge in [-0.05, 0) is 30.7 Å². The van der Waals surface area contributed by atoms with Crippen LogP contribution in [0.3, 0.4) is 0 Å². The Hall–Kier alpha value is -2.20. The average molecular weight is 298 g/mol. The number of nitrogens with zero attached hydrogens (tertiary/aromatic N) is 2. The molecule has 1 atom stereocenters. The van der Waals surface area contributed by atoms with Gasteiger partial charge in [0.2, 0.25) is 0 Å². The van der Waals surface area contributed by atoms with E-state index in [0.29, 0.717) is 0 Å². The smallest absolute Gasteiger partial charge is 0.310 e. The van der Waals surface area contributed by atoms with E-state index in [1.807, 2.05) is 36.4 Å². The Bertz CT molecular complexity index is 519. The molecule has 0 bridgehead atoms. The maximum absolute atomic E-state index is 11.4. The SMILES string of the molecule is COC(=O)[C@H]1CCN(Cc2ccccc2)C1.c1ccncc1. The zero-order valence-electron chi connectivity index (χ0n) is 12.9. The average Bonchev–Trinajstić information content (AvgIpc) is 3.06. The monoisotopic (exact) mass is 298 g/mol. The lowest BCUT2D eigenvalue weighted by atomic mass is 10.1. The predicted octanol–water partition coefficient (Wildman–Crippen LogP) is 2.76. The Balaban J connectivity index is 0.000000246. The van der Waals surface area contributed by atoms with Crippen LogP contribution in [0.1, 0.15) is 12.0 Å². The van der Waals surface area contributed by atoms with Crippen molar-refractivity contribution in [3.63, 3.8) is 0 Å². The fourth-order valence-corrected chi connectivity index (χ4v) is 2.49. The number of carbonyl (C=O) groups is 1. The molecule has 0 amide bonds. The minimum atomic E-state index is -0.0736. The van der Waals surface area contributed by atoms with Crippen LogP contribution < -0.4 is 0 Å². The van der Waals surface area contributed by atoms with Gasteiger partial charge in [0, 0.05) is 25.5 Å². The summed E-state index contributed by atoms with van der Waals surface area (Å²) < 4.78 is 4.77. The quantitative estimate of drug-likeness (QED) is 0.817. The Morgan fingerprint density at radius 3 is 2.41 bits per heavy atom. The summed E-state index contributed by atoms with van der Waals surface area (Å²) in [6, 6.07) is 16.1. The van der Waals surface area contributed by atoms with Crippen LogP contribution in [0.25, 0.3) is 0 Å². The van der Waals surface area contributed by atoms with Gasteiger partial charge in [0.1, 0.15) is 0 Å². The van der Waals surface area contributed by atoms with Crippen molar-refractivity contribution in [1.29, 1.82) is 0 Å². The molecule has 1 fully saturated rings. The van der Waals surface area contributed by atoms with Crippen LogP contribution in [0.5, 0.6) is 0 Å². The van der Waals surface area contributed by atoms with Gasteiger partial charge in [-0.2, -0.15) is 0 Å². The van der Waals surface area contributed by atoms with Crippen molar-refractivity contribution in [3.8, 4) is 0 Å². The summed E-state index contributed by atoms with van der Waals surface area (Å²) in [5.41, 5.74) is 1.30. The van der Waals surface area contributed by atoms with Crippen LogP contribution in [0.4, 0.5) is 0 Å². The summed E-state index contributed by atoms with van der Waals surface area (Å²) in [7, 11) is 1.46. The van der Waals surface area contributed by atoms with E-state index in [9.17, 15) is 4.79 Å². The maximum atomic E-state index is 11.4. The fraction of sp³-hybridized carbons (Fsp3) is 0.333. The molecule has 22 heavy (non-hydrogen) atoms. The molecular weight excluding hydrogens is 276 g/mol. The van der Waals surface area contributed by atoms with Gasteiger partial charge in [-0.3, -0.25) is 14.7 Å². The highest BCUT2D eigenvalue weighted by Crippen LogP contribution is 2.19. The van der Waals surface area contributed by atoms with E-state index in [1.165, 1.54) is 12.7 Å². The molecule has 0 N–H and O–H groups in total. The van der Waals surface area contributed by atoms with E-state index in [-0.39, 0.29) is 11.9 Å². The first kappa shape index (κ1) is 16.2. The van der Waals surface area contributed by atoms with Crippen molar-refractivity contribution < 1.29 is 9.53 Å². The van der Waals surface area contributed by atoms with Gasteiger partial charge in [0.05, 0.1) is 13.0 Å². The largest absolute Gasteiger partial charge is 0.469 e. The first-order chi connectivity index (χ1) is 10.8. The topological polar surface area (TPSA) is 42.4 Å². The van der Waals surface area contributed by atoms with Crippen molar-refractivity contribution in [2.24, 2.45) is 5.92 Å². The minimum Gasteiger partial charge on any atom is -0.469 e. The van der Waals surface area contributed by atoms with Crippen LogP contribution in [0.15, 0.2) is 60.9 Å². The molecule has 2 heterocycles. The number of methoxy groups -OCH3 is 1. The van der Waals surface area contributed by atoms with E-state index in [2.05, 4.69) is 22.0 Å². The third-order valence-corrected chi connectivity index (χ3v) is 3.62. The molecule has 1 saturated heterocycles. The molecule has 0 saturated carbocycles. The van der Waals surface area contributed by atoms with Crippen molar-refractivity contribution >= 4 is 5.97 Å². The number of ether oxygens (including phenoxy) is 1. The molecule has 1 aliphatic heterocycles. The number of hydrogen-bond acceptors (Lipinski definition) is 4. The highest BCUT2D eigenvalue weighted by atomic mass is 16.5. The minimum absolute atomic E-state index is 0.0636. The standard InChI is InChI=1S/C13H17NO2.C5H5N/c1-16-13(15)12-7-8-14(10-12)9-11-5-3-2-4-6-11;1-2-4-6-5-3-1/h2-6,12H,7-10H2,1H3;1-5H/t12-;/m0./s1. The number of esters is 1. The predicted molar refractivity (Wildman–Crippen MR) is 86.1 cm³/mol. The molecule has 2 aromatic rings. The zero-order chi connectivity index (χ0) is 15.6. The Morgan fingerprint density at radius 1 is 1.18 bits per heavy atom. The lowest BCUT2D eigenvalue weighted by molar-refractivity contribution is -0.144. The van der Waals surface area contributed by atoms with Gasteiger partial charge in [0.25, 0.3) is 0 Å². The zero-order valence-corrected chi connectivity index (χ0v) is 12.9. The second-order valence-corrected chi connectivity index (χ2v) is 5.25. The van der Waals surface area contributed by atoms with Crippen molar-refractivity contribution in [3.05, 3.63) is 66.5 Å². The van der Waals surface area contributed by atoms with Gasteiger partial charge in [-0.25, -0.2) is 0 Å². The number of pyridine rings is 1. The molecule has 4 nitrogen and oxygen atoms in total. The highest BCUT2D eigenvalue weighted by Gasteiger charge is 2.28. The Morgan fingerprint density at radius 2 is 1.86 bits per heavy atom. The second-order valence-electron chi connectivity index (χ2n) is 5.25. The normalized spacial score (nSPS) is 17.4. The Kier molecular flexibility index (Phi) is 6.58. The molecule has 116 valence electrons. The van der Waals surface area contributed by atoms with Gasteiger partial charge in [-0.1, -0.05) is 36.4 Å². The molecule has 0 unspecified atom stereocenters. The fourth-order valence-electron chi connectivity index (χ4n) is 2.49. The third kappa shape index (κ3) is 5.30. The van der Waals surface area contributed by atoms with Gasteiger partial charge in [-0.15, -0.1) is 0 Å². The van der Waals surface area contributed by atoms with Crippen molar-refractivity contribution in [2.75, 3.05) is 20.2 Å². The summed E-state index contributed by atoms with van der Waals surface area (Å²) in [5, 5.41) is 0. The lowest BCUT2D eigenvalue weighted by Crippen LogP contribution is -2.23. The van der Waals surface area contributed by atoms with E-state index >= 15 is 0 Å². The molecule has 1 aromatic carbocycles. The summed E-state index contributed by atoms with van der Waals surface area (Å²) >= 11 is 0. The summed E-state index contributed by atoms with van der Waals surface area (Å²) in [6.45, 7) is 2.73. The summed E-state index contributed by atoms with van der Waals surface area (Å²) in [5.74, 6) is -0.00993. The molecule has 1 aromatic heterocycles. The van der Waals surface area contributed by atoms with E-state index in [0.717, 1.165) is 26.1 Å². The third-order valence-electron chi connectivity index (χ3n) is 3.62. The van der Waals surface area contributed by atoms with Crippen LogP contribution in [0.2, 0.25) is 0 Å². The maximum Gasteiger partial charge on any atom is 0.310 e. The second kappa shape index (κ2) is 8.95. The van der Waals surface area contributed by atoms with E-state index in [4.69, 9.17) is 4.74 Å². The molecular formula is C18H22N2O2. The van der Waals surface area contributed by atoms with Gasteiger partial charge >= 0.3 is 5.97 Å². The van der Waals surface area contributed by atoms with Gasteiger partial charge in [0.15, 0.2) is 0 Å². The molecule has 0 aliphatic carbocycles. The lowest BCUT2D eigenvalue weighted by Gasteiger charge is -2.15. The van der Waals surface area contributed by atoms with Crippen LogP contribution in [-0.4, -0.2) is 36.1 Å². The van der Waals surface area contributed by atoms with Crippen molar-refractivity contribution in [2.45, 2.75) is 13.0 Å². The number of hydrogen-bond donors (Lipinski definition) is 0. The van der Waals surface area contributed by atoms with E-state index < -0.39 is 0 Å². The van der Waals surface area contributed by atoms with Crippen LogP contribution >= 0.6 is 0 Å². The molecule has 3 rings (SSSR count). The first-order valence-corrected chi connectivity index (χ1v) is 7.48. The summed E-state index contributed by atoms with van der Waals surface area (Å²) in [4.78, 5) is 17.5. The number of likely N-dealkylation sites (tertiary alicyclic amines) is 1. The molecule has 0 spiro atoms. The number of rotatable bonds is 3.